The number of aliphatic imine (C=N–C) groups is 1. The fourth-order valence-electron chi connectivity index (χ4n) is 2.48. The first kappa shape index (κ1) is 17.8. The first-order valence-electron chi connectivity index (χ1n) is 8.18. The molecule has 0 unspecified atom stereocenters. The van der Waals surface area contributed by atoms with E-state index < -0.39 is 0 Å². The quantitative estimate of drug-likeness (QED) is 0.655. The second-order valence-electron chi connectivity index (χ2n) is 5.61. The van der Waals surface area contributed by atoms with Gasteiger partial charge in [0, 0.05) is 31.4 Å². The molecule has 1 heterocycles. The lowest BCUT2D eigenvalue weighted by atomic mass is 10.2. The standard InChI is InChI=1S/C19H26N4O/c1-5-20-19(21-13-17-11-8-9-15(2)22-17)23(3)14-16-10-6-7-12-18(16)24-4/h6-12H,5,13-14H2,1-4H3,(H,20,21). The minimum Gasteiger partial charge on any atom is -0.496 e. The summed E-state index contributed by atoms with van der Waals surface area (Å²) in [7, 11) is 3.72. The SMILES string of the molecule is CCNC(=NCc1cccc(C)n1)N(C)Cc1ccccc1OC. The third-order valence-electron chi connectivity index (χ3n) is 3.63. The number of benzene rings is 1. The molecule has 0 amide bonds. The summed E-state index contributed by atoms with van der Waals surface area (Å²) >= 11 is 0. The van der Waals surface area contributed by atoms with Crippen molar-refractivity contribution in [1.82, 2.24) is 15.2 Å². The average molecular weight is 326 g/mol. The Labute approximate surface area is 144 Å². The van der Waals surface area contributed by atoms with Crippen LogP contribution in [0, 0.1) is 6.92 Å². The van der Waals surface area contributed by atoms with Crippen molar-refractivity contribution in [2.24, 2.45) is 4.99 Å². The van der Waals surface area contributed by atoms with Crippen LogP contribution in [0.4, 0.5) is 0 Å². The second-order valence-corrected chi connectivity index (χ2v) is 5.61. The highest BCUT2D eigenvalue weighted by atomic mass is 16.5. The molecule has 0 saturated heterocycles. The molecule has 1 aromatic carbocycles. The largest absolute Gasteiger partial charge is 0.496 e. The Balaban J connectivity index is 2.12. The van der Waals surface area contributed by atoms with E-state index in [0.717, 1.165) is 41.7 Å². The fraction of sp³-hybridized carbons (Fsp3) is 0.368. The van der Waals surface area contributed by atoms with Crippen LogP contribution in [0.15, 0.2) is 47.5 Å². The zero-order chi connectivity index (χ0) is 17.4. The Kier molecular flexibility index (Phi) is 6.61. The van der Waals surface area contributed by atoms with Gasteiger partial charge in [-0.3, -0.25) is 4.98 Å². The van der Waals surface area contributed by atoms with Crippen molar-refractivity contribution >= 4 is 5.96 Å². The van der Waals surface area contributed by atoms with Gasteiger partial charge in [0.1, 0.15) is 5.75 Å². The number of para-hydroxylation sites is 1. The van der Waals surface area contributed by atoms with Crippen LogP contribution >= 0.6 is 0 Å². The molecule has 2 aromatic rings. The number of pyridine rings is 1. The molecule has 0 aliphatic heterocycles. The highest BCUT2D eigenvalue weighted by molar-refractivity contribution is 5.79. The van der Waals surface area contributed by atoms with Crippen molar-refractivity contribution in [2.75, 3.05) is 20.7 Å². The van der Waals surface area contributed by atoms with Gasteiger partial charge in [-0.2, -0.15) is 0 Å². The molecular weight excluding hydrogens is 300 g/mol. The molecule has 24 heavy (non-hydrogen) atoms. The van der Waals surface area contributed by atoms with Crippen LogP contribution in [0.3, 0.4) is 0 Å². The summed E-state index contributed by atoms with van der Waals surface area (Å²) in [5, 5.41) is 3.33. The summed E-state index contributed by atoms with van der Waals surface area (Å²) < 4.78 is 5.43. The minimum atomic E-state index is 0.556. The van der Waals surface area contributed by atoms with Crippen LogP contribution in [0.25, 0.3) is 0 Å². The molecule has 2 rings (SSSR count). The van der Waals surface area contributed by atoms with Gasteiger partial charge in [0.15, 0.2) is 5.96 Å². The maximum absolute atomic E-state index is 5.43. The summed E-state index contributed by atoms with van der Waals surface area (Å²) in [6.07, 6.45) is 0. The predicted octanol–water partition coefficient (Wildman–Crippen LogP) is 3.00. The van der Waals surface area contributed by atoms with Crippen molar-refractivity contribution in [3.8, 4) is 5.75 Å². The van der Waals surface area contributed by atoms with Crippen LogP contribution < -0.4 is 10.1 Å². The third kappa shape index (κ3) is 4.98. The Bertz CT molecular complexity index is 685. The van der Waals surface area contributed by atoms with E-state index in [1.54, 1.807) is 7.11 Å². The lowest BCUT2D eigenvalue weighted by molar-refractivity contribution is 0.396. The Morgan fingerprint density at radius 1 is 1.21 bits per heavy atom. The highest BCUT2D eigenvalue weighted by Gasteiger charge is 2.09. The van der Waals surface area contributed by atoms with E-state index in [1.165, 1.54) is 0 Å². The van der Waals surface area contributed by atoms with Crippen molar-refractivity contribution in [1.29, 1.82) is 0 Å². The zero-order valence-corrected chi connectivity index (χ0v) is 14.9. The molecule has 0 radical (unpaired) electrons. The Morgan fingerprint density at radius 3 is 2.71 bits per heavy atom. The minimum absolute atomic E-state index is 0.556. The van der Waals surface area contributed by atoms with Crippen molar-refractivity contribution < 1.29 is 4.74 Å². The summed E-state index contributed by atoms with van der Waals surface area (Å²) in [5.41, 5.74) is 3.10. The van der Waals surface area contributed by atoms with E-state index in [9.17, 15) is 0 Å². The van der Waals surface area contributed by atoms with Gasteiger partial charge in [-0.15, -0.1) is 0 Å². The lowest BCUT2D eigenvalue weighted by Crippen LogP contribution is -2.38. The molecule has 0 aliphatic rings. The van der Waals surface area contributed by atoms with Crippen LogP contribution in [0.1, 0.15) is 23.9 Å². The molecule has 5 nitrogen and oxygen atoms in total. The van der Waals surface area contributed by atoms with Gasteiger partial charge in [-0.05, 0) is 32.0 Å². The van der Waals surface area contributed by atoms with Crippen molar-refractivity contribution in [2.45, 2.75) is 26.9 Å². The molecule has 5 heteroatoms. The van der Waals surface area contributed by atoms with Crippen molar-refractivity contribution in [3.63, 3.8) is 0 Å². The molecule has 0 spiro atoms. The van der Waals surface area contributed by atoms with Gasteiger partial charge in [0.05, 0.1) is 19.3 Å². The number of nitrogens with one attached hydrogen (secondary N) is 1. The number of guanidine groups is 1. The normalized spacial score (nSPS) is 11.2. The Hall–Kier alpha value is -2.56. The highest BCUT2D eigenvalue weighted by Crippen LogP contribution is 2.18. The molecule has 0 saturated carbocycles. The van der Waals surface area contributed by atoms with Gasteiger partial charge in [-0.1, -0.05) is 24.3 Å². The monoisotopic (exact) mass is 326 g/mol. The van der Waals surface area contributed by atoms with E-state index in [4.69, 9.17) is 9.73 Å². The molecule has 0 aliphatic carbocycles. The maximum atomic E-state index is 5.43. The van der Waals surface area contributed by atoms with Crippen LogP contribution in [-0.2, 0) is 13.1 Å². The molecular formula is C19H26N4O. The molecule has 128 valence electrons. The summed E-state index contributed by atoms with van der Waals surface area (Å²) in [4.78, 5) is 11.3. The number of nitrogens with zero attached hydrogens (tertiary/aromatic N) is 3. The third-order valence-corrected chi connectivity index (χ3v) is 3.63. The molecule has 0 bridgehead atoms. The number of aromatic nitrogens is 1. The number of aryl methyl sites for hydroxylation is 1. The van der Waals surface area contributed by atoms with Gasteiger partial charge in [0.2, 0.25) is 0 Å². The van der Waals surface area contributed by atoms with Gasteiger partial charge in [0.25, 0.3) is 0 Å². The number of ether oxygens (including phenoxy) is 1. The Morgan fingerprint density at radius 2 is 2.00 bits per heavy atom. The predicted molar refractivity (Wildman–Crippen MR) is 98.3 cm³/mol. The first-order valence-corrected chi connectivity index (χ1v) is 8.18. The van der Waals surface area contributed by atoms with Crippen LogP contribution in [0.2, 0.25) is 0 Å². The van der Waals surface area contributed by atoms with Gasteiger partial charge in [-0.25, -0.2) is 4.99 Å². The first-order chi connectivity index (χ1) is 11.6. The molecule has 1 N–H and O–H groups in total. The average Bonchev–Trinajstić information content (AvgIpc) is 2.59. The second kappa shape index (κ2) is 8.91. The molecule has 0 atom stereocenters. The van der Waals surface area contributed by atoms with E-state index in [-0.39, 0.29) is 0 Å². The number of rotatable bonds is 6. The summed E-state index contributed by atoms with van der Waals surface area (Å²) in [6, 6.07) is 14.0. The fourth-order valence-corrected chi connectivity index (χ4v) is 2.48. The number of hydrogen-bond donors (Lipinski definition) is 1. The molecule has 0 fully saturated rings. The van der Waals surface area contributed by atoms with Gasteiger partial charge < -0.3 is 15.0 Å². The number of methoxy groups -OCH3 is 1. The maximum Gasteiger partial charge on any atom is 0.194 e. The van der Waals surface area contributed by atoms with E-state index in [1.807, 2.05) is 50.4 Å². The lowest BCUT2D eigenvalue weighted by Gasteiger charge is -2.23. The smallest absolute Gasteiger partial charge is 0.194 e. The van der Waals surface area contributed by atoms with Crippen molar-refractivity contribution in [3.05, 3.63) is 59.4 Å². The van der Waals surface area contributed by atoms with E-state index in [0.29, 0.717) is 6.54 Å². The topological polar surface area (TPSA) is 49.8 Å². The van der Waals surface area contributed by atoms with Crippen LogP contribution in [0.5, 0.6) is 5.75 Å². The molecule has 1 aromatic heterocycles. The zero-order valence-electron chi connectivity index (χ0n) is 14.9. The van der Waals surface area contributed by atoms with E-state index >= 15 is 0 Å². The number of hydrogen-bond acceptors (Lipinski definition) is 3. The summed E-state index contributed by atoms with van der Waals surface area (Å²) in [5.74, 6) is 1.74. The summed E-state index contributed by atoms with van der Waals surface area (Å²) in [6.45, 7) is 6.15. The van der Waals surface area contributed by atoms with Gasteiger partial charge >= 0.3 is 0 Å². The van der Waals surface area contributed by atoms with E-state index in [2.05, 4.69) is 28.2 Å². The van der Waals surface area contributed by atoms with Crippen LogP contribution in [-0.4, -0.2) is 36.5 Å².